The van der Waals surface area contributed by atoms with Gasteiger partial charge in [-0.05, 0) is 43.7 Å². The lowest BCUT2D eigenvalue weighted by Crippen LogP contribution is -2.27. The van der Waals surface area contributed by atoms with Crippen molar-refractivity contribution in [2.24, 2.45) is 0 Å². The summed E-state index contributed by atoms with van der Waals surface area (Å²) in [6.45, 7) is 4.44. The Morgan fingerprint density at radius 2 is 2.17 bits per heavy atom. The number of nitrogens with one attached hydrogen (secondary N) is 1. The second-order valence-corrected chi connectivity index (χ2v) is 5.10. The number of nitrogens with zero attached hydrogens (tertiary/aromatic N) is 1. The van der Waals surface area contributed by atoms with Gasteiger partial charge in [0.25, 0.3) is 5.91 Å². The molecular weight excluding hydrogens is 296 g/mol. The maximum absolute atomic E-state index is 12.5. The molecule has 6 heteroatoms. The molecule has 0 saturated carbocycles. The van der Waals surface area contributed by atoms with E-state index < -0.39 is 0 Å². The highest BCUT2D eigenvalue weighted by molar-refractivity contribution is 5.96. The van der Waals surface area contributed by atoms with Crippen LogP contribution in [0.3, 0.4) is 0 Å². The number of amides is 1. The Hall–Kier alpha value is -2.76. The summed E-state index contributed by atoms with van der Waals surface area (Å²) in [6, 6.07) is 8.84. The topological polar surface area (TPSA) is 69.7 Å². The molecule has 23 heavy (non-hydrogen) atoms. The zero-order valence-electron chi connectivity index (χ0n) is 13.0. The molecule has 1 aromatic carbocycles. The van der Waals surface area contributed by atoms with Crippen LogP contribution in [0.4, 0.5) is 0 Å². The van der Waals surface area contributed by atoms with Crippen LogP contribution in [-0.2, 0) is 0 Å². The molecule has 3 rings (SSSR count). The predicted molar refractivity (Wildman–Crippen MR) is 83.9 cm³/mol. The van der Waals surface area contributed by atoms with Crippen LogP contribution in [0, 0.1) is 0 Å². The first-order chi connectivity index (χ1) is 11.2. The molecule has 0 fully saturated rings. The summed E-state index contributed by atoms with van der Waals surface area (Å²) in [6.07, 6.45) is 1.60. The smallest absolute Gasteiger partial charge is 0.257 e. The zero-order chi connectivity index (χ0) is 16.2. The average molecular weight is 314 g/mol. The van der Waals surface area contributed by atoms with Gasteiger partial charge >= 0.3 is 0 Å². The number of ether oxygens (including phenoxy) is 3. The van der Waals surface area contributed by atoms with Crippen LogP contribution in [-0.4, -0.2) is 24.3 Å². The highest BCUT2D eigenvalue weighted by Crippen LogP contribution is 2.34. The number of carbonyl (C=O) groups is 1. The summed E-state index contributed by atoms with van der Waals surface area (Å²) >= 11 is 0. The van der Waals surface area contributed by atoms with Crippen LogP contribution in [0.1, 0.15) is 35.8 Å². The summed E-state index contributed by atoms with van der Waals surface area (Å²) in [5.74, 6) is 1.52. The van der Waals surface area contributed by atoms with Crippen molar-refractivity contribution >= 4 is 5.91 Å². The normalized spacial score (nSPS) is 13.5. The van der Waals surface area contributed by atoms with E-state index in [-0.39, 0.29) is 18.7 Å². The minimum atomic E-state index is -0.230. The van der Waals surface area contributed by atoms with Gasteiger partial charge in [0.1, 0.15) is 5.56 Å². The van der Waals surface area contributed by atoms with Crippen molar-refractivity contribution in [3.63, 3.8) is 0 Å². The molecule has 2 heterocycles. The number of hydrogen-bond donors (Lipinski definition) is 1. The Morgan fingerprint density at radius 1 is 1.35 bits per heavy atom. The third kappa shape index (κ3) is 3.21. The van der Waals surface area contributed by atoms with E-state index in [1.807, 2.05) is 32.0 Å². The summed E-state index contributed by atoms with van der Waals surface area (Å²) in [5.41, 5.74) is 1.35. The number of benzene rings is 1. The fraction of sp³-hybridized carbons (Fsp3) is 0.294. The number of aromatic nitrogens is 1. The van der Waals surface area contributed by atoms with Gasteiger partial charge in [-0.2, -0.15) is 0 Å². The van der Waals surface area contributed by atoms with Gasteiger partial charge in [0.2, 0.25) is 12.7 Å². The van der Waals surface area contributed by atoms with Gasteiger partial charge in [0.05, 0.1) is 12.6 Å². The summed E-state index contributed by atoms with van der Waals surface area (Å²) in [5, 5.41) is 2.95. The van der Waals surface area contributed by atoms with Gasteiger partial charge < -0.3 is 19.5 Å². The lowest BCUT2D eigenvalue weighted by atomic mass is 10.1. The first-order valence-corrected chi connectivity index (χ1v) is 7.47. The molecule has 0 radical (unpaired) electrons. The van der Waals surface area contributed by atoms with Gasteiger partial charge in [0.15, 0.2) is 11.5 Å². The standard InChI is InChI=1S/C17H18N2O4/c1-3-21-17-13(5-4-8-18-17)16(20)19-11(2)12-6-7-14-15(9-12)23-10-22-14/h4-9,11H,3,10H2,1-2H3,(H,19,20). The SMILES string of the molecule is CCOc1ncccc1C(=O)NC(C)c1ccc2c(c1)OCO2. The molecule has 120 valence electrons. The monoisotopic (exact) mass is 314 g/mol. The minimum Gasteiger partial charge on any atom is -0.477 e. The maximum Gasteiger partial charge on any atom is 0.257 e. The largest absolute Gasteiger partial charge is 0.477 e. The van der Waals surface area contributed by atoms with Crippen molar-refractivity contribution in [3.8, 4) is 17.4 Å². The molecule has 0 saturated heterocycles. The minimum absolute atomic E-state index is 0.188. The van der Waals surface area contributed by atoms with Gasteiger partial charge in [-0.25, -0.2) is 4.98 Å². The third-order valence-electron chi connectivity index (χ3n) is 3.54. The number of carbonyl (C=O) groups excluding carboxylic acids is 1. The Balaban J connectivity index is 1.75. The first kappa shape index (κ1) is 15.1. The van der Waals surface area contributed by atoms with Crippen LogP contribution in [0.5, 0.6) is 17.4 Å². The lowest BCUT2D eigenvalue weighted by molar-refractivity contribution is 0.0935. The molecule has 1 N–H and O–H groups in total. The highest BCUT2D eigenvalue weighted by Gasteiger charge is 2.19. The third-order valence-corrected chi connectivity index (χ3v) is 3.54. The van der Waals surface area contributed by atoms with Crippen molar-refractivity contribution in [1.29, 1.82) is 0 Å². The van der Waals surface area contributed by atoms with Crippen molar-refractivity contribution < 1.29 is 19.0 Å². The van der Waals surface area contributed by atoms with E-state index in [2.05, 4.69) is 10.3 Å². The van der Waals surface area contributed by atoms with E-state index in [0.717, 1.165) is 11.3 Å². The lowest BCUT2D eigenvalue weighted by Gasteiger charge is -2.16. The van der Waals surface area contributed by atoms with Crippen LogP contribution in [0.25, 0.3) is 0 Å². The molecule has 0 bridgehead atoms. The van der Waals surface area contributed by atoms with Crippen molar-refractivity contribution in [3.05, 3.63) is 47.7 Å². The van der Waals surface area contributed by atoms with Gasteiger partial charge in [-0.3, -0.25) is 4.79 Å². The van der Waals surface area contributed by atoms with Crippen LogP contribution in [0.15, 0.2) is 36.5 Å². The Labute approximate surface area is 134 Å². The van der Waals surface area contributed by atoms with E-state index in [9.17, 15) is 4.79 Å². The fourth-order valence-electron chi connectivity index (χ4n) is 2.36. The summed E-state index contributed by atoms with van der Waals surface area (Å²) < 4.78 is 16.1. The number of rotatable bonds is 5. The maximum atomic E-state index is 12.5. The second kappa shape index (κ2) is 6.56. The Kier molecular flexibility index (Phi) is 4.32. The first-order valence-electron chi connectivity index (χ1n) is 7.47. The quantitative estimate of drug-likeness (QED) is 0.919. The van der Waals surface area contributed by atoms with E-state index >= 15 is 0 Å². The molecule has 2 aromatic rings. The van der Waals surface area contributed by atoms with E-state index in [0.29, 0.717) is 23.8 Å². The fourth-order valence-corrected chi connectivity index (χ4v) is 2.36. The summed E-state index contributed by atoms with van der Waals surface area (Å²) in [7, 11) is 0. The molecule has 6 nitrogen and oxygen atoms in total. The van der Waals surface area contributed by atoms with Gasteiger partial charge in [-0.15, -0.1) is 0 Å². The number of hydrogen-bond acceptors (Lipinski definition) is 5. The zero-order valence-corrected chi connectivity index (χ0v) is 13.0. The van der Waals surface area contributed by atoms with E-state index in [4.69, 9.17) is 14.2 Å². The van der Waals surface area contributed by atoms with Crippen LogP contribution < -0.4 is 19.5 Å². The van der Waals surface area contributed by atoms with Crippen LogP contribution in [0.2, 0.25) is 0 Å². The Morgan fingerprint density at radius 3 is 3.00 bits per heavy atom. The molecule has 0 aliphatic carbocycles. The molecule has 1 unspecified atom stereocenters. The Bertz CT molecular complexity index is 717. The van der Waals surface area contributed by atoms with Gasteiger partial charge in [-0.1, -0.05) is 6.07 Å². The number of pyridine rings is 1. The molecule has 1 amide bonds. The summed E-state index contributed by atoms with van der Waals surface area (Å²) in [4.78, 5) is 16.6. The highest BCUT2D eigenvalue weighted by atomic mass is 16.7. The van der Waals surface area contributed by atoms with Crippen LogP contribution >= 0.6 is 0 Å². The number of fused-ring (bicyclic) bond motifs is 1. The van der Waals surface area contributed by atoms with E-state index in [1.165, 1.54) is 0 Å². The molecule has 1 aliphatic rings. The van der Waals surface area contributed by atoms with Crippen molar-refractivity contribution in [1.82, 2.24) is 10.3 Å². The van der Waals surface area contributed by atoms with E-state index in [1.54, 1.807) is 18.3 Å². The molecule has 1 aromatic heterocycles. The average Bonchev–Trinajstić information content (AvgIpc) is 3.03. The molecule has 0 spiro atoms. The second-order valence-electron chi connectivity index (χ2n) is 5.10. The van der Waals surface area contributed by atoms with Gasteiger partial charge in [0, 0.05) is 6.20 Å². The molecule has 1 atom stereocenters. The molecular formula is C17H18N2O4. The van der Waals surface area contributed by atoms with Crippen molar-refractivity contribution in [2.75, 3.05) is 13.4 Å². The predicted octanol–water partition coefficient (Wildman–Crippen LogP) is 2.70. The molecule has 1 aliphatic heterocycles. The van der Waals surface area contributed by atoms with Crippen molar-refractivity contribution in [2.45, 2.75) is 19.9 Å².